The number of nitrogen functional groups attached to an aromatic ring is 1. The fraction of sp³-hybridized carbons (Fsp3) is 0. The van der Waals surface area contributed by atoms with Crippen LogP contribution in [0.4, 0.5) is 11.4 Å². The van der Waals surface area contributed by atoms with E-state index in [9.17, 15) is 23.6 Å². The number of phenols is 1. The van der Waals surface area contributed by atoms with Gasteiger partial charge in [-0.05, 0) is 0 Å². The van der Waals surface area contributed by atoms with Crippen molar-refractivity contribution >= 4 is 21.5 Å². The predicted octanol–water partition coefficient (Wildman–Crippen LogP) is -0.167. The van der Waals surface area contributed by atoms with Gasteiger partial charge in [0.25, 0.3) is 15.8 Å². The number of nitro groups is 1. The average Bonchev–Trinajstić information content (AvgIpc) is 2.14. The lowest BCUT2D eigenvalue weighted by atomic mass is 10.2. The van der Waals surface area contributed by atoms with Crippen LogP contribution in [-0.2, 0) is 10.1 Å². The summed E-state index contributed by atoms with van der Waals surface area (Å²) in [6.07, 6.45) is 0. The Kier molecular flexibility index (Phi) is 2.98. The van der Waals surface area contributed by atoms with Crippen LogP contribution in [0.15, 0.2) is 17.0 Å². The summed E-state index contributed by atoms with van der Waals surface area (Å²) in [5, 5.41) is 19.8. The van der Waals surface area contributed by atoms with Gasteiger partial charge in [-0.15, -0.1) is 0 Å². The van der Waals surface area contributed by atoms with Crippen molar-refractivity contribution in [1.29, 1.82) is 0 Å². The summed E-state index contributed by atoms with van der Waals surface area (Å²) >= 11 is 0. The SMILES string of the molecule is NNc1c(O)cc(S(=O)(=O)O)cc1[N+](=O)[O-]. The highest BCUT2D eigenvalue weighted by atomic mass is 32.2. The monoisotopic (exact) mass is 249 g/mol. The molecule has 0 saturated carbocycles. The van der Waals surface area contributed by atoms with Crippen molar-refractivity contribution in [3.63, 3.8) is 0 Å². The number of anilines is 1. The van der Waals surface area contributed by atoms with Gasteiger partial charge in [0.1, 0.15) is 10.6 Å². The van der Waals surface area contributed by atoms with Crippen molar-refractivity contribution < 1.29 is 23.0 Å². The molecule has 0 heterocycles. The number of hydrogen-bond acceptors (Lipinski definition) is 7. The molecule has 1 rings (SSSR count). The molecule has 88 valence electrons. The van der Waals surface area contributed by atoms with Gasteiger partial charge in [0.05, 0.1) is 4.92 Å². The van der Waals surface area contributed by atoms with Crippen LogP contribution in [0.1, 0.15) is 0 Å². The van der Waals surface area contributed by atoms with Crippen LogP contribution in [0.3, 0.4) is 0 Å². The number of nitrogens with one attached hydrogen (secondary N) is 1. The molecule has 0 spiro atoms. The first-order chi connectivity index (χ1) is 7.27. The number of nitro benzene ring substituents is 1. The molecule has 0 radical (unpaired) electrons. The van der Waals surface area contributed by atoms with E-state index in [4.69, 9.17) is 10.4 Å². The number of phenolic OH excluding ortho intramolecular Hbond substituents is 1. The number of hydrazine groups is 1. The van der Waals surface area contributed by atoms with Crippen LogP contribution in [0.2, 0.25) is 0 Å². The van der Waals surface area contributed by atoms with Crippen LogP contribution in [0.25, 0.3) is 0 Å². The Balaban J connectivity index is 3.59. The van der Waals surface area contributed by atoms with Gasteiger partial charge in [0.2, 0.25) is 0 Å². The number of nitrogens with two attached hydrogens (primary N) is 1. The highest BCUT2D eigenvalue weighted by Gasteiger charge is 2.23. The molecular formula is C6H7N3O6S. The van der Waals surface area contributed by atoms with E-state index in [0.717, 1.165) is 0 Å². The molecule has 0 aliphatic rings. The largest absolute Gasteiger partial charge is 0.505 e. The molecular weight excluding hydrogens is 242 g/mol. The van der Waals surface area contributed by atoms with Crippen LogP contribution in [0, 0.1) is 10.1 Å². The molecule has 9 nitrogen and oxygen atoms in total. The van der Waals surface area contributed by atoms with Gasteiger partial charge in [-0.3, -0.25) is 20.5 Å². The zero-order valence-electron chi connectivity index (χ0n) is 7.61. The zero-order valence-corrected chi connectivity index (χ0v) is 8.43. The minimum atomic E-state index is -4.64. The van der Waals surface area contributed by atoms with Gasteiger partial charge in [-0.1, -0.05) is 0 Å². The number of rotatable bonds is 3. The third-order valence-electron chi connectivity index (χ3n) is 1.71. The summed E-state index contributed by atoms with van der Waals surface area (Å²) in [7, 11) is -4.64. The fourth-order valence-electron chi connectivity index (χ4n) is 1.03. The van der Waals surface area contributed by atoms with Gasteiger partial charge < -0.3 is 10.5 Å². The van der Waals surface area contributed by atoms with Crippen molar-refractivity contribution in [2.75, 3.05) is 5.43 Å². The molecule has 1 aromatic carbocycles. The second-order valence-corrected chi connectivity index (χ2v) is 4.13. The minimum Gasteiger partial charge on any atom is -0.505 e. The first-order valence-corrected chi connectivity index (χ1v) is 5.17. The van der Waals surface area contributed by atoms with Crippen LogP contribution >= 0.6 is 0 Å². The molecule has 1 aromatic rings. The second-order valence-electron chi connectivity index (χ2n) is 2.71. The van der Waals surface area contributed by atoms with Crippen LogP contribution in [0.5, 0.6) is 5.75 Å². The van der Waals surface area contributed by atoms with E-state index in [2.05, 4.69) is 0 Å². The Labute approximate surface area is 89.4 Å². The molecule has 0 unspecified atom stereocenters. The molecule has 5 N–H and O–H groups in total. The highest BCUT2D eigenvalue weighted by Crippen LogP contribution is 2.35. The van der Waals surface area contributed by atoms with Crippen molar-refractivity contribution in [3.8, 4) is 5.75 Å². The van der Waals surface area contributed by atoms with E-state index in [1.54, 1.807) is 0 Å². The molecule has 16 heavy (non-hydrogen) atoms. The molecule has 10 heteroatoms. The summed E-state index contributed by atoms with van der Waals surface area (Å²) in [5.74, 6) is 4.16. The summed E-state index contributed by atoms with van der Waals surface area (Å²) < 4.78 is 30.1. The molecule has 0 aliphatic heterocycles. The lowest BCUT2D eigenvalue weighted by Crippen LogP contribution is -2.10. The number of benzene rings is 1. The molecule has 0 aromatic heterocycles. The first-order valence-electron chi connectivity index (χ1n) is 3.73. The number of nitrogens with zero attached hydrogens (tertiary/aromatic N) is 1. The third kappa shape index (κ3) is 2.18. The third-order valence-corrected chi connectivity index (χ3v) is 2.54. The summed E-state index contributed by atoms with van der Waals surface area (Å²) in [6.45, 7) is 0. The summed E-state index contributed by atoms with van der Waals surface area (Å²) in [6, 6.07) is 1.21. The summed E-state index contributed by atoms with van der Waals surface area (Å²) in [4.78, 5) is 8.78. The molecule has 0 atom stereocenters. The van der Waals surface area contributed by atoms with E-state index in [1.165, 1.54) is 0 Å². The Bertz CT molecular complexity index is 539. The van der Waals surface area contributed by atoms with E-state index < -0.39 is 37.1 Å². The smallest absolute Gasteiger partial charge is 0.298 e. The predicted molar refractivity (Wildman–Crippen MR) is 52.4 cm³/mol. The molecule has 0 fully saturated rings. The lowest BCUT2D eigenvalue weighted by Gasteiger charge is -2.06. The van der Waals surface area contributed by atoms with Gasteiger partial charge in [-0.2, -0.15) is 8.42 Å². The molecule has 0 aliphatic carbocycles. The van der Waals surface area contributed by atoms with E-state index in [1.807, 2.05) is 5.43 Å². The molecule has 0 bridgehead atoms. The topological polar surface area (TPSA) is 156 Å². The van der Waals surface area contributed by atoms with Crippen molar-refractivity contribution in [1.82, 2.24) is 0 Å². The quantitative estimate of drug-likeness (QED) is 0.189. The summed E-state index contributed by atoms with van der Waals surface area (Å²) in [5.41, 5.74) is 0.640. The van der Waals surface area contributed by atoms with Gasteiger partial charge in [0, 0.05) is 12.1 Å². The standard InChI is InChI=1S/C6H7N3O6S/c7-8-6-4(9(11)12)1-3(2-5(6)10)16(13,14)15/h1-2,8,10H,7H2,(H,13,14,15). The Morgan fingerprint density at radius 3 is 2.38 bits per heavy atom. The van der Waals surface area contributed by atoms with Gasteiger partial charge >= 0.3 is 0 Å². The Morgan fingerprint density at radius 1 is 1.44 bits per heavy atom. The number of aromatic hydroxyl groups is 1. The Morgan fingerprint density at radius 2 is 2.00 bits per heavy atom. The van der Waals surface area contributed by atoms with Crippen LogP contribution in [-0.4, -0.2) is 23.0 Å². The first kappa shape index (κ1) is 12.2. The number of hydrogen-bond donors (Lipinski definition) is 4. The maximum absolute atomic E-state index is 10.7. The van der Waals surface area contributed by atoms with E-state index in [0.29, 0.717) is 12.1 Å². The van der Waals surface area contributed by atoms with Gasteiger partial charge in [-0.25, -0.2) is 0 Å². The molecule has 0 saturated heterocycles. The molecule has 0 amide bonds. The van der Waals surface area contributed by atoms with Gasteiger partial charge in [0.15, 0.2) is 5.69 Å². The fourth-order valence-corrected chi connectivity index (χ4v) is 1.55. The van der Waals surface area contributed by atoms with Crippen molar-refractivity contribution in [2.45, 2.75) is 4.90 Å². The average molecular weight is 249 g/mol. The maximum Gasteiger partial charge on any atom is 0.298 e. The van der Waals surface area contributed by atoms with Crippen molar-refractivity contribution in [2.24, 2.45) is 5.84 Å². The second kappa shape index (κ2) is 3.92. The van der Waals surface area contributed by atoms with E-state index in [-0.39, 0.29) is 0 Å². The normalized spacial score (nSPS) is 11.1. The highest BCUT2D eigenvalue weighted by molar-refractivity contribution is 7.85. The van der Waals surface area contributed by atoms with Crippen molar-refractivity contribution in [3.05, 3.63) is 22.2 Å². The van der Waals surface area contributed by atoms with E-state index >= 15 is 0 Å². The van der Waals surface area contributed by atoms with Crippen LogP contribution < -0.4 is 11.3 Å². The lowest BCUT2D eigenvalue weighted by molar-refractivity contribution is -0.384. The minimum absolute atomic E-state index is 0.447. The Hall–Kier alpha value is -1.91. The maximum atomic E-state index is 10.7. The zero-order chi connectivity index (χ0) is 12.5.